The maximum atomic E-state index is 12.1. The van der Waals surface area contributed by atoms with E-state index in [4.69, 9.17) is 5.73 Å². The summed E-state index contributed by atoms with van der Waals surface area (Å²) >= 11 is 0. The minimum absolute atomic E-state index is 0.305. The summed E-state index contributed by atoms with van der Waals surface area (Å²) in [5, 5.41) is 0. The molecule has 2 N–H and O–H groups in total. The zero-order chi connectivity index (χ0) is 11.6. The van der Waals surface area contributed by atoms with Gasteiger partial charge in [0.25, 0.3) is 0 Å². The molecular weight excluding hydrogens is 211 g/mol. The zero-order valence-electron chi connectivity index (χ0n) is 8.42. The molecule has 1 fully saturated rings. The van der Waals surface area contributed by atoms with Crippen LogP contribution in [0.1, 0.15) is 0 Å². The number of rotatable bonds is 1. The molecule has 0 aromatic rings. The van der Waals surface area contributed by atoms with Crippen LogP contribution in [0.4, 0.5) is 13.2 Å². The van der Waals surface area contributed by atoms with Gasteiger partial charge in [-0.15, -0.1) is 0 Å². The first-order valence-corrected chi connectivity index (χ1v) is 4.62. The Hall–Kier alpha value is -0.820. The van der Waals surface area contributed by atoms with E-state index in [0.717, 1.165) is 4.90 Å². The van der Waals surface area contributed by atoms with Crippen LogP contribution in [0, 0.1) is 0 Å². The van der Waals surface area contributed by atoms with Crippen molar-refractivity contribution >= 4 is 5.91 Å². The highest BCUT2D eigenvalue weighted by Crippen LogP contribution is 2.20. The Balaban J connectivity index is 2.54. The van der Waals surface area contributed by atoms with Gasteiger partial charge in [-0.05, 0) is 7.05 Å². The van der Waals surface area contributed by atoms with Gasteiger partial charge in [-0.25, -0.2) is 0 Å². The number of likely N-dealkylation sites (N-methyl/N-ethyl adjacent to an activating group) is 1. The number of nitrogens with two attached hydrogens (primary N) is 1. The lowest BCUT2D eigenvalue weighted by Gasteiger charge is -2.34. The van der Waals surface area contributed by atoms with E-state index in [1.54, 1.807) is 0 Å². The predicted molar refractivity (Wildman–Crippen MR) is 48.1 cm³/mol. The predicted octanol–water partition coefficient (Wildman–Crippen LogP) is -0.350. The number of hydrogen-bond donors (Lipinski definition) is 1. The second-order valence-corrected chi connectivity index (χ2v) is 3.65. The van der Waals surface area contributed by atoms with Crippen LogP contribution in [0.15, 0.2) is 0 Å². The Bertz CT molecular complexity index is 236. The number of amides is 1. The van der Waals surface area contributed by atoms with E-state index in [-0.39, 0.29) is 0 Å². The third-order valence-electron chi connectivity index (χ3n) is 2.43. The molecule has 1 aliphatic rings. The molecule has 88 valence electrons. The normalized spacial score (nSPS) is 21.5. The second kappa shape index (κ2) is 4.36. The molecule has 0 aliphatic carbocycles. The first kappa shape index (κ1) is 12.3. The van der Waals surface area contributed by atoms with E-state index < -0.39 is 18.1 Å². The van der Waals surface area contributed by atoms with Crippen LogP contribution < -0.4 is 5.73 Å². The van der Waals surface area contributed by atoms with E-state index in [0.29, 0.717) is 26.2 Å². The molecule has 0 bridgehead atoms. The maximum absolute atomic E-state index is 12.1. The Kier molecular flexibility index (Phi) is 3.56. The van der Waals surface area contributed by atoms with E-state index in [1.165, 1.54) is 0 Å². The zero-order valence-corrected chi connectivity index (χ0v) is 8.42. The van der Waals surface area contributed by atoms with Gasteiger partial charge in [0, 0.05) is 26.2 Å². The number of carbonyl (C=O) groups is 1. The summed E-state index contributed by atoms with van der Waals surface area (Å²) in [5.74, 6) is -1.03. The van der Waals surface area contributed by atoms with Gasteiger partial charge < -0.3 is 15.5 Å². The lowest BCUT2D eigenvalue weighted by molar-refractivity contribution is -0.170. The van der Waals surface area contributed by atoms with E-state index in [9.17, 15) is 18.0 Å². The van der Waals surface area contributed by atoms with Gasteiger partial charge in [0.05, 0.1) is 0 Å². The number of alkyl halides is 3. The highest BCUT2D eigenvalue weighted by molar-refractivity contribution is 5.82. The summed E-state index contributed by atoms with van der Waals surface area (Å²) in [6.07, 6.45) is -4.65. The van der Waals surface area contributed by atoms with Gasteiger partial charge in [-0.2, -0.15) is 13.2 Å². The summed E-state index contributed by atoms with van der Waals surface area (Å²) in [6, 6.07) is -2.39. The molecule has 0 aromatic carbocycles. The minimum Gasteiger partial charge on any atom is -0.338 e. The lowest BCUT2D eigenvalue weighted by atomic mass is 10.2. The highest BCUT2D eigenvalue weighted by atomic mass is 19.4. The van der Waals surface area contributed by atoms with Crippen molar-refractivity contribution in [2.45, 2.75) is 12.2 Å². The SMILES string of the molecule is CN1CCN(C(=O)C(N)C(F)(F)F)CC1. The summed E-state index contributed by atoms with van der Waals surface area (Å²) in [7, 11) is 1.85. The van der Waals surface area contributed by atoms with Crippen LogP contribution in [0.2, 0.25) is 0 Å². The van der Waals surface area contributed by atoms with Crippen LogP contribution in [0.5, 0.6) is 0 Å². The van der Waals surface area contributed by atoms with Crippen molar-refractivity contribution in [2.75, 3.05) is 33.2 Å². The van der Waals surface area contributed by atoms with Gasteiger partial charge >= 0.3 is 6.18 Å². The van der Waals surface area contributed by atoms with Crippen LogP contribution in [-0.4, -0.2) is 61.2 Å². The third kappa shape index (κ3) is 3.07. The summed E-state index contributed by atoms with van der Waals surface area (Å²) in [6.45, 7) is 1.77. The van der Waals surface area contributed by atoms with Gasteiger partial charge in [-0.3, -0.25) is 4.79 Å². The van der Waals surface area contributed by atoms with Gasteiger partial charge in [0.15, 0.2) is 6.04 Å². The number of halogens is 3. The van der Waals surface area contributed by atoms with Crippen molar-refractivity contribution in [3.63, 3.8) is 0 Å². The standard InChI is InChI=1S/C8H14F3N3O/c1-13-2-4-14(5-3-13)7(15)6(12)8(9,10)11/h6H,2-5,12H2,1H3. The Morgan fingerprint density at radius 1 is 1.27 bits per heavy atom. The maximum Gasteiger partial charge on any atom is 0.412 e. The average Bonchev–Trinajstić information content (AvgIpc) is 2.15. The Morgan fingerprint density at radius 2 is 1.73 bits per heavy atom. The smallest absolute Gasteiger partial charge is 0.338 e. The van der Waals surface area contributed by atoms with E-state index in [1.807, 2.05) is 11.9 Å². The first-order chi connectivity index (χ1) is 6.82. The highest BCUT2D eigenvalue weighted by Gasteiger charge is 2.44. The monoisotopic (exact) mass is 225 g/mol. The Morgan fingerprint density at radius 3 is 2.13 bits per heavy atom. The molecule has 0 aromatic heterocycles. The first-order valence-electron chi connectivity index (χ1n) is 4.62. The number of piperazine rings is 1. The fraction of sp³-hybridized carbons (Fsp3) is 0.875. The van der Waals surface area contributed by atoms with E-state index >= 15 is 0 Å². The fourth-order valence-corrected chi connectivity index (χ4v) is 1.36. The summed E-state index contributed by atoms with van der Waals surface area (Å²) in [4.78, 5) is 14.4. The molecule has 0 radical (unpaired) electrons. The van der Waals surface area contributed by atoms with Crippen molar-refractivity contribution < 1.29 is 18.0 Å². The van der Waals surface area contributed by atoms with Crippen LogP contribution >= 0.6 is 0 Å². The molecule has 4 nitrogen and oxygen atoms in total. The molecule has 15 heavy (non-hydrogen) atoms. The molecular formula is C8H14F3N3O. The molecule has 0 spiro atoms. The van der Waals surface area contributed by atoms with Gasteiger partial charge in [0.1, 0.15) is 0 Å². The van der Waals surface area contributed by atoms with Crippen molar-refractivity contribution in [2.24, 2.45) is 5.73 Å². The molecule has 7 heteroatoms. The Labute approximate surface area is 85.8 Å². The number of hydrogen-bond acceptors (Lipinski definition) is 3. The van der Waals surface area contributed by atoms with Crippen LogP contribution in [0.25, 0.3) is 0 Å². The van der Waals surface area contributed by atoms with Crippen LogP contribution in [0.3, 0.4) is 0 Å². The van der Waals surface area contributed by atoms with E-state index in [2.05, 4.69) is 0 Å². The largest absolute Gasteiger partial charge is 0.412 e. The average molecular weight is 225 g/mol. The molecule has 1 heterocycles. The molecule has 1 aliphatic heterocycles. The third-order valence-corrected chi connectivity index (χ3v) is 2.43. The molecule has 1 saturated heterocycles. The number of carbonyl (C=O) groups excluding carboxylic acids is 1. The molecule has 1 rings (SSSR count). The van der Waals surface area contributed by atoms with Crippen LogP contribution in [-0.2, 0) is 4.79 Å². The van der Waals surface area contributed by atoms with Crippen molar-refractivity contribution in [3.05, 3.63) is 0 Å². The molecule has 1 atom stereocenters. The minimum atomic E-state index is -4.65. The summed E-state index contributed by atoms with van der Waals surface area (Å²) in [5.41, 5.74) is 4.83. The molecule has 0 saturated carbocycles. The quantitative estimate of drug-likeness (QED) is 0.663. The molecule has 1 unspecified atom stereocenters. The van der Waals surface area contributed by atoms with Gasteiger partial charge in [0.2, 0.25) is 5.91 Å². The summed E-state index contributed by atoms with van der Waals surface area (Å²) < 4.78 is 36.4. The van der Waals surface area contributed by atoms with Crippen molar-refractivity contribution in [3.8, 4) is 0 Å². The fourth-order valence-electron chi connectivity index (χ4n) is 1.36. The lowest BCUT2D eigenvalue weighted by Crippen LogP contribution is -2.56. The van der Waals surface area contributed by atoms with Gasteiger partial charge in [-0.1, -0.05) is 0 Å². The van der Waals surface area contributed by atoms with Crippen molar-refractivity contribution in [1.29, 1.82) is 0 Å². The van der Waals surface area contributed by atoms with Crippen molar-refractivity contribution in [1.82, 2.24) is 9.80 Å². The molecule has 1 amide bonds. The second-order valence-electron chi connectivity index (χ2n) is 3.65. The number of nitrogens with zero attached hydrogens (tertiary/aromatic N) is 2. The topological polar surface area (TPSA) is 49.6 Å².